The number of amides is 1. The van der Waals surface area contributed by atoms with Crippen molar-refractivity contribution < 1.29 is 20.1 Å². The predicted octanol–water partition coefficient (Wildman–Crippen LogP) is 0.672. The van der Waals surface area contributed by atoms with Crippen LogP contribution in [-0.4, -0.2) is 56.3 Å². The van der Waals surface area contributed by atoms with Gasteiger partial charge < -0.3 is 20.2 Å². The quantitative estimate of drug-likeness (QED) is 0.747. The number of aliphatic hydroxyl groups is 2. The summed E-state index contributed by atoms with van der Waals surface area (Å²) in [4.78, 5) is 11.8. The van der Waals surface area contributed by atoms with Gasteiger partial charge >= 0.3 is 6.09 Å². The summed E-state index contributed by atoms with van der Waals surface area (Å²) in [7, 11) is 1.39. The summed E-state index contributed by atoms with van der Waals surface area (Å²) in [6.45, 7) is 0.0801. The van der Waals surface area contributed by atoms with Gasteiger partial charge in [0, 0.05) is 12.4 Å². The van der Waals surface area contributed by atoms with Crippen molar-refractivity contribution in [2.24, 2.45) is 0 Å². The molecule has 0 aliphatic rings. The average Bonchev–Trinajstić information content (AvgIpc) is 2.76. The Hall–Kier alpha value is -2.12. The van der Waals surface area contributed by atoms with Gasteiger partial charge in [-0.05, 0) is 6.07 Å². The minimum absolute atomic E-state index is 0.0591. The van der Waals surface area contributed by atoms with Gasteiger partial charge in [-0.2, -0.15) is 5.10 Å². The van der Waals surface area contributed by atoms with E-state index in [0.717, 1.165) is 10.3 Å². The minimum atomic E-state index is -1.11. The lowest BCUT2D eigenvalue weighted by molar-refractivity contribution is 0.103. The molecule has 0 aliphatic heterocycles. The molecule has 3 N–H and O–H groups in total. The maximum Gasteiger partial charge on any atom is 0.407 e. The molecule has 108 valence electrons. The van der Waals surface area contributed by atoms with E-state index in [-0.39, 0.29) is 19.7 Å². The molecule has 1 heterocycles. The first-order chi connectivity index (χ1) is 9.54. The van der Waals surface area contributed by atoms with Gasteiger partial charge in [-0.15, -0.1) is 0 Å². The Morgan fingerprint density at radius 1 is 1.45 bits per heavy atom. The fourth-order valence-electron chi connectivity index (χ4n) is 2.14. The summed E-state index contributed by atoms with van der Waals surface area (Å²) >= 11 is 0. The zero-order valence-corrected chi connectivity index (χ0v) is 11.1. The Morgan fingerprint density at radius 3 is 2.80 bits per heavy atom. The van der Waals surface area contributed by atoms with Crippen molar-refractivity contribution in [2.45, 2.75) is 12.6 Å². The Balaban J connectivity index is 2.39. The summed E-state index contributed by atoms with van der Waals surface area (Å²) in [6.07, 6.45) is -2.11. The summed E-state index contributed by atoms with van der Waals surface area (Å²) in [6, 6.07) is 7.28. The van der Waals surface area contributed by atoms with Crippen LogP contribution in [0, 0.1) is 0 Å². The molecular weight excluding hydrogens is 262 g/mol. The second-order valence-corrected chi connectivity index (χ2v) is 4.53. The number of fused-ring (bicyclic) bond motifs is 1. The van der Waals surface area contributed by atoms with Crippen LogP contribution in [-0.2, 0) is 6.54 Å². The number of carbonyl (C=O) groups is 1. The molecule has 1 atom stereocenters. The van der Waals surface area contributed by atoms with Gasteiger partial charge in [0.2, 0.25) is 0 Å². The van der Waals surface area contributed by atoms with Crippen molar-refractivity contribution in [3.05, 3.63) is 30.0 Å². The molecule has 0 bridgehead atoms. The minimum Gasteiger partial charge on any atom is -0.465 e. The number of aliphatic hydroxyl groups excluding tert-OH is 2. The van der Waals surface area contributed by atoms with Crippen molar-refractivity contribution in [3.63, 3.8) is 0 Å². The van der Waals surface area contributed by atoms with Crippen LogP contribution >= 0.6 is 0 Å². The van der Waals surface area contributed by atoms with Crippen LogP contribution in [0.4, 0.5) is 4.79 Å². The van der Waals surface area contributed by atoms with Crippen molar-refractivity contribution in [2.75, 3.05) is 20.2 Å². The lowest BCUT2D eigenvalue weighted by Crippen LogP contribution is -2.30. The molecule has 2 aromatic rings. The molecule has 1 unspecified atom stereocenters. The maximum atomic E-state index is 10.8. The van der Waals surface area contributed by atoms with E-state index in [1.54, 1.807) is 6.07 Å². The third-order valence-electron chi connectivity index (χ3n) is 3.09. The summed E-state index contributed by atoms with van der Waals surface area (Å²) in [5.74, 6) is 0. The van der Waals surface area contributed by atoms with Gasteiger partial charge in [0.15, 0.2) is 0 Å². The van der Waals surface area contributed by atoms with Crippen LogP contribution in [0.1, 0.15) is 11.8 Å². The van der Waals surface area contributed by atoms with Gasteiger partial charge in [-0.25, -0.2) is 4.79 Å². The van der Waals surface area contributed by atoms with Crippen molar-refractivity contribution in [1.29, 1.82) is 0 Å². The highest BCUT2D eigenvalue weighted by Crippen LogP contribution is 2.24. The Bertz CT molecular complexity index is 611. The van der Waals surface area contributed by atoms with Crippen molar-refractivity contribution in [1.82, 2.24) is 14.7 Å². The lowest BCUT2D eigenvalue weighted by Gasteiger charge is -2.19. The number of likely N-dealkylation sites (N-methyl/N-ethyl adjacent to an activating group) is 1. The molecule has 0 aliphatic carbocycles. The Labute approximate surface area is 115 Å². The van der Waals surface area contributed by atoms with E-state index in [4.69, 9.17) is 10.2 Å². The van der Waals surface area contributed by atoms with Gasteiger partial charge in [-0.3, -0.25) is 4.68 Å². The number of aromatic nitrogens is 2. The van der Waals surface area contributed by atoms with Crippen LogP contribution in [0.5, 0.6) is 0 Å². The topological polar surface area (TPSA) is 98.8 Å². The fourth-order valence-corrected chi connectivity index (χ4v) is 2.14. The average molecular weight is 279 g/mol. The van der Waals surface area contributed by atoms with Gasteiger partial charge in [-0.1, -0.05) is 18.2 Å². The zero-order chi connectivity index (χ0) is 14.7. The Kier molecular flexibility index (Phi) is 4.21. The van der Waals surface area contributed by atoms with E-state index >= 15 is 0 Å². The van der Waals surface area contributed by atoms with Crippen LogP contribution in [0.2, 0.25) is 0 Å². The number of carboxylic acid groups (broad SMARTS) is 1. The number of hydrogen-bond acceptors (Lipinski definition) is 4. The number of benzene rings is 1. The molecular formula is C13H17N3O4. The number of nitrogens with zero attached hydrogens (tertiary/aromatic N) is 3. The third-order valence-corrected chi connectivity index (χ3v) is 3.09. The van der Waals surface area contributed by atoms with E-state index in [1.165, 1.54) is 11.7 Å². The van der Waals surface area contributed by atoms with Crippen LogP contribution in [0.3, 0.4) is 0 Å². The SMILES string of the molecule is CN(CC(O)c1c2ccccc2nn1CCO)C(=O)O. The molecule has 1 amide bonds. The highest BCUT2D eigenvalue weighted by atomic mass is 16.4. The molecule has 7 nitrogen and oxygen atoms in total. The second kappa shape index (κ2) is 5.89. The standard InChI is InChI=1S/C13H17N3O4/c1-15(13(19)20)8-11(18)12-9-4-2-3-5-10(9)14-16(12)6-7-17/h2-5,11,17-18H,6-8H2,1H3,(H,19,20). The van der Waals surface area contributed by atoms with E-state index in [0.29, 0.717) is 11.2 Å². The van der Waals surface area contributed by atoms with E-state index in [2.05, 4.69) is 5.10 Å². The first-order valence-corrected chi connectivity index (χ1v) is 6.23. The van der Waals surface area contributed by atoms with Crippen molar-refractivity contribution in [3.8, 4) is 0 Å². The van der Waals surface area contributed by atoms with Crippen LogP contribution < -0.4 is 0 Å². The molecule has 0 saturated carbocycles. The normalized spacial score (nSPS) is 12.6. The first kappa shape index (κ1) is 14.3. The molecule has 0 radical (unpaired) electrons. The smallest absolute Gasteiger partial charge is 0.407 e. The summed E-state index contributed by atoms with van der Waals surface area (Å²) < 4.78 is 1.52. The fraction of sp³-hybridized carbons (Fsp3) is 0.385. The Morgan fingerprint density at radius 2 is 2.15 bits per heavy atom. The van der Waals surface area contributed by atoms with E-state index < -0.39 is 12.2 Å². The monoisotopic (exact) mass is 279 g/mol. The first-order valence-electron chi connectivity index (χ1n) is 6.23. The molecule has 20 heavy (non-hydrogen) atoms. The number of rotatable bonds is 5. The molecule has 0 fully saturated rings. The molecule has 1 aromatic heterocycles. The predicted molar refractivity (Wildman–Crippen MR) is 72.4 cm³/mol. The highest BCUT2D eigenvalue weighted by molar-refractivity contribution is 5.82. The zero-order valence-electron chi connectivity index (χ0n) is 11.1. The number of hydrogen-bond donors (Lipinski definition) is 3. The second-order valence-electron chi connectivity index (χ2n) is 4.53. The van der Waals surface area contributed by atoms with Gasteiger partial charge in [0.05, 0.1) is 30.9 Å². The summed E-state index contributed by atoms with van der Waals surface area (Å²) in [5.41, 5.74) is 1.22. The van der Waals surface area contributed by atoms with Crippen LogP contribution in [0.25, 0.3) is 10.9 Å². The van der Waals surface area contributed by atoms with Crippen molar-refractivity contribution >= 4 is 17.0 Å². The largest absolute Gasteiger partial charge is 0.465 e. The maximum absolute atomic E-state index is 10.8. The molecule has 7 heteroatoms. The summed E-state index contributed by atoms with van der Waals surface area (Å²) in [5, 5.41) is 33.3. The lowest BCUT2D eigenvalue weighted by atomic mass is 10.1. The van der Waals surface area contributed by atoms with Crippen LogP contribution in [0.15, 0.2) is 24.3 Å². The third kappa shape index (κ3) is 2.73. The van der Waals surface area contributed by atoms with E-state index in [1.807, 2.05) is 18.2 Å². The molecule has 0 saturated heterocycles. The van der Waals surface area contributed by atoms with Gasteiger partial charge in [0.1, 0.15) is 6.10 Å². The molecule has 1 aromatic carbocycles. The van der Waals surface area contributed by atoms with Gasteiger partial charge in [0.25, 0.3) is 0 Å². The highest BCUT2D eigenvalue weighted by Gasteiger charge is 2.21. The van der Waals surface area contributed by atoms with E-state index in [9.17, 15) is 9.90 Å². The molecule has 0 spiro atoms. The molecule has 2 rings (SSSR count).